The Morgan fingerprint density at radius 2 is 2.21 bits per heavy atom. The van der Waals surface area contributed by atoms with E-state index in [1.54, 1.807) is 49.5 Å². The lowest BCUT2D eigenvalue weighted by atomic mass is 9.91. The zero-order valence-corrected chi connectivity index (χ0v) is 17.3. The molecule has 1 aliphatic carbocycles. The number of nitrogens with one attached hydrogen (secondary N) is 1. The van der Waals surface area contributed by atoms with Crippen molar-refractivity contribution in [2.75, 3.05) is 13.7 Å². The van der Waals surface area contributed by atoms with Gasteiger partial charge >= 0.3 is 0 Å². The van der Waals surface area contributed by atoms with E-state index in [9.17, 15) is 14.7 Å². The molecule has 3 atom stereocenters. The summed E-state index contributed by atoms with van der Waals surface area (Å²) in [5, 5.41) is 13.3. The first kappa shape index (κ1) is 22.9. The maximum absolute atomic E-state index is 12.1. The minimum absolute atomic E-state index is 0.0437. The van der Waals surface area contributed by atoms with Gasteiger partial charge in [-0.1, -0.05) is 48.0 Å². The van der Waals surface area contributed by atoms with Gasteiger partial charge in [0.05, 0.1) is 0 Å². The van der Waals surface area contributed by atoms with E-state index >= 15 is 0 Å². The highest BCUT2D eigenvalue weighted by Crippen LogP contribution is 2.27. The molecule has 0 spiro atoms. The van der Waals surface area contributed by atoms with Crippen molar-refractivity contribution in [3.05, 3.63) is 65.7 Å². The van der Waals surface area contributed by atoms with Gasteiger partial charge in [-0.2, -0.15) is 0 Å². The predicted molar refractivity (Wildman–Crippen MR) is 115 cm³/mol. The summed E-state index contributed by atoms with van der Waals surface area (Å²) >= 11 is 5.91. The van der Waals surface area contributed by atoms with Gasteiger partial charge in [-0.3, -0.25) is 9.59 Å². The zero-order valence-electron chi connectivity index (χ0n) is 16.6. The highest BCUT2D eigenvalue weighted by molar-refractivity contribution is 6.30. The molecule has 0 fully saturated rings. The molecule has 2 N–H and O–H groups in total. The van der Waals surface area contributed by atoms with Crippen LogP contribution in [0.1, 0.15) is 25.7 Å². The van der Waals surface area contributed by atoms with Gasteiger partial charge in [0.25, 0.3) is 0 Å². The normalized spacial score (nSPS) is 19.9. The monoisotopic (exact) mass is 417 g/mol. The SMILES string of the molecule is CNC(=O)CCC/C=C\C[C@H]1C=CC(=O)[C@@H]1/C=C/[C@@H](O)COc1cccc(Cl)c1. The first-order valence-corrected chi connectivity index (χ1v) is 10.2. The fourth-order valence-corrected chi connectivity index (χ4v) is 3.22. The molecule has 0 radical (unpaired) electrons. The Morgan fingerprint density at radius 1 is 1.38 bits per heavy atom. The molecule has 1 amide bonds. The Balaban J connectivity index is 1.76. The number of amides is 1. The van der Waals surface area contributed by atoms with E-state index in [1.807, 2.05) is 12.2 Å². The van der Waals surface area contributed by atoms with Gasteiger partial charge in [0.15, 0.2) is 5.78 Å². The van der Waals surface area contributed by atoms with Gasteiger partial charge in [-0.05, 0) is 49.5 Å². The Hall–Kier alpha value is -2.37. The number of aliphatic hydroxyl groups excluding tert-OH is 1. The molecule has 2 rings (SSSR count). The highest BCUT2D eigenvalue weighted by atomic mass is 35.5. The lowest BCUT2D eigenvalue weighted by molar-refractivity contribution is -0.120. The number of carbonyl (C=O) groups is 2. The molecule has 0 aromatic heterocycles. The zero-order chi connectivity index (χ0) is 21.1. The van der Waals surface area contributed by atoms with Crippen LogP contribution in [0.3, 0.4) is 0 Å². The van der Waals surface area contributed by atoms with Gasteiger partial charge in [-0.15, -0.1) is 0 Å². The lowest BCUT2D eigenvalue weighted by Crippen LogP contribution is -2.17. The van der Waals surface area contributed by atoms with E-state index in [-0.39, 0.29) is 30.1 Å². The van der Waals surface area contributed by atoms with Crippen molar-refractivity contribution in [2.45, 2.75) is 31.8 Å². The van der Waals surface area contributed by atoms with E-state index in [4.69, 9.17) is 16.3 Å². The third-order valence-electron chi connectivity index (χ3n) is 4.68. The van der Waals surface area contributed by atoms with Crippen LogP contribution in [-0.2, 0) is 9.59 Å². The number of hydrogen-bond donors (Lipinski definition) is 2. The molecular formula is C23H28ClNO4. The minimum atomic E-state index is -0.816. The maximum Gasteiger partial charge on any atom is 0.219 e. The van der Waals surface area contributed by atoms with Crippen molar-refractivity contribution in [1.29, 1.82) is 0 Å². The molecule has 1 aliphatic rings. The van der Waals surface area contributed by atoms with Gasteiger partial charge in [0.1, 0.15) is 18.5 Å². The van der Waals surface area contributed by atoms with Gasteiger partial charge in [0.2, 0.25) is 5.91 Å². The molecule has 0 unspecified atom stereocenters. The largest absolute Gasteiger partial charge is 0.491 e. The van der Waals surface area contributed by atoms with Crippen molar-refractivity contribution in [3.63, 3.8) is 0 Å². The predicted octanol–water partition coefficient (Wildman–Crippen LogP) is 3.87. The van der Waals surface area contributed by atoms with Gasteiger partial charge < -0.3 is 15.2 Å². The van der Waals surface area contributed by atoms with E-state index in [0.29, 0.717) is 17.2 Å². The Kier molecular flexibility index (Phi) is 9.68. The van der Waals surface area contributed by atoms with E-state index in [2.05, 4.69) is 11.4 Å². The summed E-state index contributed by atoms with van der Waals surface area (Å²) in [4.78, 5) is 23.3. The number of unbranched alkanes of at least 4 members (excludes halogenated alkanes) is 1. The molecule has 1 aromatic rings. The van der Waals surface area contributed by atoms with Crippen LogP contribution in [0.25, 0.3) is 0 Å². The first-order chi connectivity index (χ1) is 14.0. The number of ketones is 1. The summed E-state index contributed by atoms with van der Waals surface area (Å²) in [7, 11) is 1.63. The maximum atomic E-state index is 12.1. The van der Waals surface area contributed by atoms with Crippen LogP contribution >= 0.6 is 11.6 Å². The third kappa shape index (κ3) is 8.26. The van der Waals surface area contributed by atoms with Crippen molar-refractivity contribution >= 4 is 23.3 Å². The molecule has 156 valence electrons. The molecular weight excluding hydrogens is 390 g/mol. The summed E-state index contributed by atoms with van der Waals surface area (Å²) in [6, 6.07) is 6.97. The van der Waals surface area contributed by atoms with Gasteiger partial charge in [0, 0.05) is 24.4 Å². The molecule has 0 heterocycles. The van der Waals surface area contributed by atoms with Crippen molar-refractivity contribution in [1.82, 2.24) is 5.32 Å². The number of ether oxygens (including phenoxy) is 1. The van der Waals surface area contributed by atoms with Crippen LogP contribution < -0.4 is 10.1 Å². The van der Waals surface area contributed by atoms with E-state index in [0.717, 1.165) is 19.3 Å². The summed E-state index contributed by atoms with van der Waals surface area (Å²) in [5.41, 5.74) is 0. The summed E-state index contributed by atoms with van der Waals surface area (Å²) in [6.45, 7) is 0.0844. The molecule has 5 nitrogen and oxygen atoms in total. The Morgan fingerprint density at radius 3 is 2.97 bits per heavy atom. The summed E-state index contributed by atoms with van der Waals surface area (Å²) < 4.78 is 5.52. The van der Waals surface area contributed by atoms with Crippen molar-refractivity contribution in [2.24, 2.45) is 11.8 Å². The number of halogens is 1. The fraction of sp³-hybridized carbons (Fsp3) is 0.391. The quantitative estimate of drug-likeness (QED) is 0.423. The van der Waals surface area contributed by atoms with Gasteiger partial charge in [-0.25, -0.2) is 0 Å². The molecule has 0 saturated carbocycles. The summed E-state index contributed by atoms with van der Waals surface area (Å²) in [6.07, 6.45) is 13.1. The molecule has 29 heavy (non-hydrogen) atoms. The van der Waals surface area contributed by atoms with Crippen LogP contribution in [0.5, 0.6) is 5.75 Å². The van der Waals surface area contributed by atoms with Crippen LogP contribution in [0.4, 0.5) is 0 Å². The second-order valence-corrected chi connectivity index (χ2v) is 7.38. The van der Waals surface area contributed by atoms with Crippen LogP contribution in [-0.4, -0.2) is 36.6 Å². The number of hydrogen-bond acceptors (Lipinski definition) is 4. The number of allylic oxidation sites excluding steroid dienone is 5. The third-order valence-corrected chi connectivity index (χ3v) is 4.92. The van der Waals surface area contributed by atoms with Crippen LogP contribution in [0.15, 0.2) is 60.7 Å². The van der Waals surface area contributed by atoms with E-state index in [1.165, 1.54) is 0 Å². The number of carbonyl (C=O) groups excluding carboxylic acids is 2. The van der Waals surface area contributed by atoms with Crippen LogP contribution in [0, 0.1) is 11.8 Å². The lowest BCUT2D eigenvalue weighted by Gasteiger charge is -2.14. The number of aliphatic hydroxyl groups is 1. The summed E-state index contributed by atoms with van der Waals surface area (Å²) in [5.74, 6) is 0.484. The second kappa shape index (κ2) is 12.2. The molecule has 0 saturated heterocycles. The molecule has 6 heteroatoms. The topological polar surface area (TPSA) is 75.6 Å². The van der Waals surface area contributed by atoms with E-state index < -0.39 is 6.10 Å². The second-order valence-electron chi connectivity index (χ2n) is 6.94. The van der Waals surface area contributed by atoms with Crippen LogP contribution in [0.2, 0.25) is 5.02 Å². The first-order valence-electron chi connectivity index (χ1n) is 9.82. The molecule has 0 aliphatic heterocycles. The van der Waals surface area contributed by atoms with Crippen molar-refractivity contribution in [3.8, 4) is 5.75 Å². The smallest absolute Gasteiger partial charge is 0.219 e. The minimum Gasteiger partial charge on any atom is -0.491 e. The Labute approximate surface area is 177 Å². The standard InChI is InChI=1S/C23H28ClNO4/c1-25-23(28)10-5-3-2-4-7-17-11-14-22(27)21(17)13-12-19(26)16-29-20-9-6-8-18(24)15-20/h2,4,6,8-9,11-15,17,19,21,26H,3,5,7,10,16H2,1H3,(H,25,28)/b4-2-,13-12+/t17-,19+,21+/m0/s1. The average Bonchev–Trinajstić information content (AvgIpc) is 3.06. The average molecular weight is 418 g/mol. The van der Waals surface area contributed by atoms with Crippen molar-refractivity contribution < 1.29 is 19.4 Å². The molecule has 0 bridgehead atoms. The fourth-order valence-electron chi connectivity index (χ4n) is 3.04. The number of rotatable bonds is 11. The highest BCUT2D eigenvalue weighted by Gasteiger charge is 2.26. The number of benzene rings is 1. The molecule has 1 aromatic carbocycles. The Bertz CT molecular complexity index is 772.